The first kappa shape index (κ1) is 55.1. The van der Waals surface area contributed by atoms with E-state index in [-0.39, 0.29) is 45.6 Å². The molecule has 0 bridgehead atoms. The number of azo groups is 2. The zero-order valence-electron chi connectivity index (χ0n) is 35.5. The number of nitrogens with one attached hydrogen (secondary N) is 1. The van der Waals surface area contributed by atoms with Crippen molar-refractivity contribution in [3.63, 3.8) is 0 Å². The predicted molar refractivity (Wildman–Crippen MR) is 241 cm³/mol. The normalized spacial score (nSPS) is 12.5. The van der Waals surface area contributed by atoms with Gasteiger partial charge in [-0.25, -0.2) is 8.42 Å². The number of phenolic OH excluding ortho intramolecular Hbond substituents is 2. The van der Waals surface area contributed by atoms with Gasteiger partial charge in [-0.2, -0.15) is 53.0 Å². The number of rotatable bonds is 18. The fourth-order valence-corrected chi connectivity index (χ4v) is 9.25. The number of aromatic nitrogens is 3. The molecule has 1 heterocycles. The third-order valence-electron chi connectivity index (χ3n) is 9.33. The van der Waals surface area contributed by atoms with Gasteiger partial charge < -0.3 is 29.9 Å². The molecule has 0 spiro atoms. The van der Waals surface area contributed by atoms with Crippen molar-refractivity contribution < 1.29 is 101 Å². The third kappa shape index (κ3) is 12.7. The van der Waals surface area contributed by atoms with E-state index in [9.17, 15) is 70.5 Å². The maximum absolute atomic E-state index is 15.2. The van der Waals surface area contributed by atoms with E-state index in [4.69, 9.17) is 9.47 Å². The molecule has 5 aromatic carbocycles. The number of halogens is 1. The predicted octanol–water partition coefficient (Wildman–Crippen LogP) is 5.85. The molecule has 0 fully saturated rings. The molecule has 71 heavy (non-hydrogen) atoms. The van der Waals surface area contributed by atoms with Crippen LogP contribution >= 0.6 is 0 Å². The average Bonchev–Trinajstić information content (AvgIpc) is 3.26. The van der Waals surface area contributed by atoms with Crippen LogP contribution in [0.4, 0.5) is 50.4 Å². The summed E-state index contributed by atoms with van der Waals surface area (Å²) < 4.78 is 190. The van der Waals surface area contributed by atoms with Crippen molar-refractivity contribution in [2.24, 2.45) is 20.5 Å². The smallest absolute Gasteiger partial charge is 0.315 e. The quantitative estimate of drug-likeness (QED) is 0.0301. The number of fused-ring (bicyclic) bond motifs is 1. The summed E-state index contributed by atoms with van der Waals surface area (Å²) in [5, 5.41) is 38.7. The molecule has 0 atom stereocenters. The Hall–Kier alpha value is -6.85. The van der Waals surface area contributed by atoms with Crippen LogP contribution in [0.15, 0.2) is 125 Å². The standard InChI is InChI=1S/C37H32FN9O18S5.Cu/c1-4-66(50,51)13-12-47(19-6-5-7-20(14-19)67(52,53)54)37-41-35(38)40-36(42-37)39-24-10-9-22-23(34(24)70(61,62)63)16-31(69(58,59)60)32(33(22)49)46-44-26-18-30(65-3)29(64-2)17-25(26)43-45-27-15-21(68(55,56)57)8-11-28(27)48;/h4-11,14-18,48-49H,1,12-13H2,2-3H3,(H,52,53,54)(H,55,56,57)(H,58,59,60)(H,61,62,63)(H,39,40,41,42);. The summed E-state index contributed by atoms with van der Waals surface area (Å²) in [6.07, 6.45) is -1.60. The molecule has 7 N–H and O–H groups in total. The van der Waals surface area contributed by atoms with E-state index in [1.54, 1.807) is 0 Å². The second-order valence-electron chi connectivity index (χ2n) is 13.8. The van der Waals surface area contributed by atoms with Crippen LogP contribution in [0.1, 0.15) is 0 Å². The number of ether oxygens (including phenoxy) is 2. The van der Waals surface area contributed by atoms with Gasteiger partial charge in [-0.15, -0.1) is 20.5 Å². The van der Waals surface area contributed by atoms with Gasteiger partial charge in [-0.3, -0.25) is 18.2 Å². The number of sulfone groups is 1. The van der Waals surface area contributed by atoms with Gasteiger partial charge in [-0.1, -0.05) is 12.6 Å². The number of phenols is 2. The van der Waals surface area contributed by atoms with E-state index >= 15 is 4.39 Å². The molecule has 0 saturated heterocycles. The van der Waals surface area contributed by atoms with Crippen LogP contribution in [-0.2, 0) is 67.4 Å². The van der Waals surface area contributed by atoms with Gasteiger partial charge in [0, 0.05) is 57.6 Å². The number of hydrogen-bond donors (Lipinski definition) is 7. The topological polar surface area (TPSA) is 414 Å². The van der Waals surface area contributed by atoms with Crippen molar-refractivity contribution in [3.05, 3.63) is 90.9 Å². The second kappa shape index (κ2) is 20.9. The molecule has 0 amide bonds. The van der Waals surface area contributed by atoms with Crippen molar-refractivity contribution in [1.82, 2.24) is 15.0 Å². The Morgan fingerprint density at radius 2 is 1.28 bits per heavy atom. The summed E-state index contributed by atoms with van der Waals surface area (Å²) in [5.41, 5.74) is -3.18. The molecule has 1 aromatic heterocycles. The molecule has 1 radical (unpaired) electrons. The number of anilines is 4. The molecular formula is C37H32CuFN9O18S5. The Labute approximate surface area is 411 Å². The van der Waals surface area contributed by atoms with Crippen molar-refractivity contribution in [1.29, 1.82) is 0 Å². The van der Waals surface area contributed by atoms with Crippen molar-refractivity contribution in [2.75, 3.05) is 36.7 Å². The van der Waals surface area contributed by atoms with E-state index < -0.39 is 139 Å². The first-order chi connectivity index (χ1) is 32.5. The second-order valence-corrected chi connectivity index (χ2v) is 21.5. The number of hydrogen-bond acceptors (Lipinski definition) is 23. The summed E-state index contributed by atoms with van der Waals surface area (Å²) in [5.74, 6) is -4.21. The van der Waals surface area contributed by atoms with Gasteiger partial charge in [0.1, 0.15) is 38.3 Å². The maximum Gasteiger partial charge on any atom is 0.315 e. The minimum atomic E-state index is -5.57. The number of aromatic hydroxyl groups is 2. The number of nitrogens with zero attached hydrogens (tertiary/aromatic N) is 8. The third-order valence-corrected chi connectivity index (χ3v) is 14.1. The molecule has 381 valence electrons. The molecule has 0 unspecified atom stereocenters. The van der Waals surface area contributed by atoms with E-state index in [0.717, 1.165) is 65.6 Å². The summed E-state index contributed by atoms with van der Waals surface area (Å²) in [4.78, 5) is 7.94. The Morgan fingerprint density at radius 3 is 1.85 bits per heavy atom. The summed E-state index contributed by atoms with van der Waals surface area (Å²) in [6, 6.07) is 11.2. The average molecular weight is 1130 g/mol. The number of methoxy groups -OCH3 is 2. The van der Waals surface area contributed by atoms with E-state index in [0.29, 0.717) is 11.5 Å². The van der Waals surface area contributed by atoms with Gasteiger partial charge in [0.25, 0.3) is 40.5 Å². The molecule has 34 heteroatoms. The Balaban J connectivity index is 0.00000937. The first-order valence-corrected chi connectivity index (χ1v) is 26.1. The van der Waals surface area contributed by atoms with Crippen molar-refractivity contribution in [2.45, 2.75) is 19.6 Å². The number of benzene rings is 5. The fraction of sp³-hybridized carbons (Fsp3) is 0.108. The van der Waals surface area contributed by atoms with Crippen LogP contribution in [0, 0.1) is 6.08 Å². The Morgan fingerprint density at radius 1 is 0.690 bits per heavy atom. The summed E-state index contributed by atoms with van der Waals surface area (Å²) >= 11 is 0. The van der Waals surface area contributed by atoms with Gasteiger partial charge in [0.2, 0.25) is 11.9 Å². The Bertz CT molecular complexity index is 3780. The minimum absolute atomic E-state index is 0. The molecule has 0 aliphatic rings. The molecule has 0 aliphatic carbocycles. The van der Waals surface area contributed by atoms with Crippen LogP contribution in [0.2, 0.25) is 0 Å². The van der Waals surface area contributed by atoms with Crippen LogP contribution in [-0.4, -0.2) is 112 Å². The summed E-state index contributed by atoms with van der Waals surface area (Å²) in [6.45, 7) is 2.58. The minimum Gasteiger partial charge on any atom is -0.506 e. The van der Waals surface area contributed by atoms with Crippen LogP contribution in [0.25, 0.3) is 10.8 Å². The molecule has 0 aliphatic heterocycles. The largest absolute Gasteiger partial charge is 0.506 e. The van der Waals surface area contributed by atoms with Crippen LogP contribution < -0.4 is 19.7 Å². The zero-order valence-corrected chi connectivity index (χ0v) is 40.5. The SMILES string of the molecule is C=CS(=O)(=O)CCN(c1cccc(S(=O)(=O)O)c1)c1nc(F)nc(Nc2ccc3c(O)c(N=Nc4cc(OC)c(OC)cc4N=Nc4cc(S(=O)(=O)O)ccc4O)c(S(=O)(=O)O)cc3c2S(=O)(=O)O)n1.[Cu]. The van der Waals surface area contributed by atoms with Crippen LogP contribution in [0.3, 0.4) is 0 Å². The van der Waals surface area contributed by atoms with Crippen molar-refractivity contribution in [3.8, 4) is 23.0 Å². The van der Waals surface area contributed by atoms with Gasteiger partial charge >= 0.3 is 6.08 Å². The Kier molecular flexibility index (Phi) is 16.2. The van der Waals surface area contributed by atoms with Gasteiger partial charge in [0.05, 0.1) is 35.5 Å². The van der Waals surface area contributed by atoms with Crippen molar-refractivity contribution >= 4 is 107 Å². The summed E-state index contributed by atoms with van der Waals surface area (Å²) in [7, 11) is -22.3. The van der Waals surface area contributed by atoms with Crippen LogP contribution in [0.5, 0.6) is 23.0 Å². The molecular weight excluding hydrogens is 1100 g/mol. The maximum atomic E-state index is 15.2. The molecule has 6 rings (SSSR count). The van der Waals surface area contributed by atoms with E-state index in [2.05, 4.69) is 47.3 Å². The first-order valence-electron chi connectivity index (χ1n) is 18.6. The van der Waals surface area contributed by atoms with E-state index in [1.165, 1.54) is 20.3 Å². The van der Waals surface area contributed by atoms with E-state index in [1.807, 2.05) is 0 Å². The molecule has 0 saturated carbocycles. The fourth-order valence-electron chi connectivity index (χ4n) is 6.13. The molecule has 27 nitrogen and oxygen atoms in total. The van der Waals surface area contributed by atoms with Gasteiger partial charge in [0.15, 0.2) is 27.1 Å². The molecule has 6 aromatic rings. The zero-order chi connectivity index (χ0) is 51.7. The monoisotopic (exact) mass is 1130 g/mol. The van der Waals surface area contributed by atoms with Gasteiger partial charge in [-0.05, 0) is 54.6 Å².